The molecule has 4 heteroatoms. The van der Waals surface area contributed by atoms with E-state index in [-0.39, 0.29) is 12.6 Å². The minimum Gasteiger partial charge on any atom is -0.457 e. The van der Waals surface area contributed by atoms with E-state index in [2.05, 4.69) is 38.2 Å². The second-order valence-corrected chi connectivity index (χ2v) is 13.0. The maximum Gasteiger partial charge on any atom is 0.306 e. The molecule has 0 aliphatic rings. The fraction of sp³-hybridized carbons (Fsp3) is 0.875. The van der Waals surface area contributed by atoms with Crippen molar-refractivity contribution in [3.8, 4) is 0 Å². The number of ether oxygens (including phenoxy) is 2. The summed E-state index contributed by atoms with van der Waals surface area (Å²) in [6.45, 7) is 5.29. The average Bonchev–Trinajstić information content (AvgIpc) is 3.03. The Balaban J connectivity index is 3.37. The molecule has 0 saturated heterocycles. The number of aliphatic hydroxyl groups is 1. The Bertz CT molecular complexity index is 614. The van der Waals surface area contributed by atoms with E-state index in [1.165, 1.54) is 154 Å². The maximum absolute atomic E-state index is 12.1. The van der Waals surface area contributed by atoms with Crippen LogP contribution in [0, 0.1) is 0 Å². The summed E-state index contributed by atoms with van der Waals surface area (Å²) in [6, 6.07) is 0. The molecule has 0 saturated carbocycles. The lowest BCUT2D eigenvalue weighted by Gasteiger charge is -2.15. The summed E-state index contributed by atoms with van der Waals surface area (Å²) in [7, 11) is 0. The van der Waals surface area contributed by atoms with E-state index >= 15 is 0 Å². The van der Waals surface area contributed by atoms with Gasteiger partial charge in [-0.3, -0.25) is 4.79 Å². The Morgan fingerprint density at radius 1 is 0.523 bits per heavy atom. The number of rotatable bonds is 36. The summed E-state index contributed by atoms with van der Waals surface area (Å²) in [6.07, 6.45) is 45.2. The number of carbonyl (C=O) groups is 1. The summed E-state index contributed by atoms with van der Waals surface area (Å²) in [5, 5.41) is 9.54. The van der Waals surface area contributed by atoms with Crippen molar-refractivity contribution in [1.82, 2.24) is 0 Å². The topological polar surface area (TPSA) is 55.8 Å². The zero-order valence-electron chi connectivity index (χ0n) is 29.7. The summed E-state index contributed by atoms with van der Waals surface area (Å²) in [5.41, 5.74) is 0. The van der Waals surface area contributed by atoms with Gasteiger partial charge in [0.1, 0.15) is 6.10 Å². The minimum absolute atomic E-state index is 0.173. The van der Waals surface area contributed by atoms with E-state index in [0.29, 0.717) is 19.6 Å². The number of unbranched alkanes of at least 4 members (excludes halogenated alkanes) is 24. The first-order chi connectivity index (χ1) is 21.7. The van der Waals surface area contributed by atoms with Crippen LogP contribution in [0.25, 0.3) is 0 Å². The molecule has 0 aromatic rings. The molecule has 0 aliphatic carbocycles. The molecular formula is C40H76O4. The van der Waals surface area contributed by atoms with Gasteiger partial charge < -0.3 is 14.6 Å². The van der Waals surface area contributed by atoms with Crippen molar-refractivity contribution in [1.29, 1.82) is 0 Å². The average molecular weight is 621 g/mol. The van der Waals surface area contributed by atoms with Crippen LogP contribution in [0.5, 0.6) is 0 Å². The molecule has 1 unspecified atom stereocenters. The van der Waals surface area contributed by atoms with E-state index in [4.69, 9.17) is 9.47 Å². The number of esters is 1. The Morgan fingerprint density at radius 3 is 1.39 bits per heavy atom. The highest BCUT2D eigenvalue weighted by atomic mass is 16.6. The third-order valence-corrected chi connectivity index (χ3v) is 8.48. The highest BCUT2D eigenvalue weighted by molar-refractivity contribution is 5.69. The van der Waals surface area contributed by atoms with E-state index in [9.17, 15) is 9.90 Å². The van der Waals surface area contributed by atoms with Gasteiger partial charge in [-0.15, -0.1) is 0 Å². The van der Waals surface area contributed by atoms with Crippen molar-refractivity contribution in [2.45, 2.75) is 206 Å². The van der Waals surface area contributed by atoms with Crippen molar-refractivity contribution >= 4 is 5.97 Å². The van der Waals surface area contributed by atoms with Gasteiger partial charge in [0, 0.05) is 13.0 Å². The molecule has 0 spiro atoms. The summed E-state index contributed by atoms with van der Waals surface area (Å²) in [4.78, 5) is 12.1. The highest BCUT2D eigenvalue weighted by Crippen LogP contribution is 2.13. The Hall–Kier alpha value is -1.13. The van der Waals surface area contributed by atoms with Crippen molar-refractivity contribution in [3.63, 3.8) is 0 Å². The summed E-state index contributed by atoms with van der Waals surface area (Å²) in [5.74, 6) is -0.212. The van der Waals surface area contributed by atoms with E-state index in [1.807, 2.05) is 0 Å². The van der Waals surface area contributed by atoms with Crippen LogP contribution < -0.4 is 0 Å². The molecule has 0 radical (unpaired) electrons. The smallest absolute Gasteiger partial charge is 0.306 e. The van der Waals surface area contributed by atoms with Crippen LogP contribution >= 0.6 is 0 Å². The zero-order valence-corrected chi connectivity index (χ0v) is 29.7. The predicted octanol–water partition coefficient (Wildman–Crippen LogP) is 12.4. The third-order valence-electron chi connectivity index (χ3n) is 8.48. The van der Waals surface area contributed by atoms with Gasteiger partial charge in [0.25, 0.3) is 0 Å². The predicted molar refractivity (Wildman–Crippen MR) is 191 cm³/mol. The van der Waals surface area contributed by atoms with E-state index in [1.54, 1.807) is 0 Å². The molecule has 0 rings (SSSR count). The quantitative estimate of drug-likeness (QED) is 0.0430. The standard InChI is InChI=1S/C40H76O4/c1-3-5-7-9-11-13-15-16-17-18-19-20-21-22-23-24-25-26-28-30-32-34-36-43-38-39(37-41)44-40(42)35-33-31-29-27-14-12-10-8-6-4-2/h8,10,18-19,39,41H,3-7,9,11-17,20-38H2,1-2H3/b10-8-,19-18-. The molecule has 1 atom stereocenters. The van der Waals surface area contributed by atoms with Gasteiger partial charge in [0.05, 0.1) is 13.2 Å². The van der Waals surface area contributed by atoms with Gasteiger partial charge in [-0.05, 0) is 57.8 Å². The van der Waals surface area contributed by atoms with Crippen LogP contribution in [0.2, 0.25) is 0 Å². The number of aliphatic hydroxyl groups excluding tert-OH is 1. The van der Waals surface area contributed by atoms with Crippen molar-refractivity contribution in [2.75, 3.05) is 19.8 Å². The molecule has 0 aromatic carbocycles. The lowest BCUT2D eigenvalue weighted by Crippen LogP contribution is -2.27. The maximum atomic E-state index is 12.1. The van der Waals surface area contributed by atoms with E-state index < -0.39 is 6.10 Å². The molecule has 260 valence electrons. The first-order valence-corrected chi connectivity index (χ1v) is 19.4. The fourth-order valence-electron chi connectivity index (χ4n) is 5.56. The molecule has 0 aromatic heterocycles. The third kappa shape index (κ3) is 35.4. The van der Waals surface area contributed by atoms with Crippen molar-refractivity contribution < 1.29 is 19.4 Å². The summed E-state index contributed by atoms with van der Waals surface area (Å²) < 4.78 is 11.1. The molecular weight excluding hydrogens is 544 g/mol. The molecule has 0 heterocycles. The van der Waals surface area contributed by atoms with Gasteiger partial charge in [0.15, 0.2) is 0 Å². The second kappa shape index (κ2) is 38.1. The molecule has 0 bridgehead atoms. The first kappa shape index (κ1) is 42.9. The number of carbonyl (C=O) groups excluding carboxylic acids is 1. The molecule has 0 aliphatic heterocycles. The number of hydrogen-bond donors (Lipinski definition) is 1. The Morgan fingerprint density at radius 2 is 0.932 bits per heavy atom. The monoisotopic (exact) mass is 621 g/mol. The molecule has 1 N–H and O–H groups in total. The Kier molecular flexibility index (Phi) is 37.1. The zero-order chi connectivity index (χ0) is 32.0. The fourth-order valence-corrected chi connectivity index (χ4v) is 5.56. The van der Waals surface area contributed by atoms with Gasteiger partial charge in [-0.2, -0.15) is 0 Å². The molecule has 0 fully saturated rings. The minimum atomic E-state index is -0.534. The lowest BCUT2D eigenvalue weighted by atomic mass is 10.1. The van der Waals surface area contributed by atoms with Gasteiger partial charge >= 0.3 is 5.97 Å². The highest BCUT2D eigenvalue weighted by Gasteiger charge is 2.13. The number of allylic oxidation sites excluding steroid dienone is 4. The second-order valence-electron chi connectivity index (χ2n) is 13.0. The Labute approximate surface area is 275 Å². The van der Waals surface area contributed by atoms with Crippen LogP contribution in [-0.4, -0.2) is 37.0 Å². The normalized spacial score (nSPS) is 12.5. The van der Waals surface area contributed by atoms with Crippen molar-refractivity contribution in [2.24, 2.45) is 0 Å². The SMILES string of the molecule is CCC/C=C\CCCCCCCC(=O)OC(CO)COCCCCCCCCCCCC/C=C\CCCCCCCCCC. The van der Waals surface area contributed by atoms with Gasteiger partial charge in [0.2, 0.25) is 0 Å². The largest absolute Gasteiger partial charge is 0.457 e. The molecule has 0 amide bonds. The first-order valence-electron chi connectivity index (χ1n) is 19.4. The van der Waals surface area contributed by atoms with Crippen LogP contribution in [0.3, 0.4) is 0 Å². The lowest BCUT2D eigenvalue weighted by molar-refractivity contribution is -0.154. The van der Waals surface area contributed by atoms with Gasteiger partial charge in [-0.25, -0.2) is 0 Å². The van der Waals surface area contributed by atoms with Crippen LogP contribution in [0.4, 0.5) is 0 Å². The van der Waals surface area contributed by atoms with Crippen LogP contribution in [-0.2, 0) is 14.3 Å². The van der Waals surface area contributed by atoms with Crippen molar-refractivity contribution in [3.05, 3.63) is 24.3 Å². The molecule has 4 nitrogen and oxygen atoms in total. The number of hydrogen-bond acceptors (Lipinski definition) is 4. The summed E-state index contributed by atoms with van der Waals surface area (Å²) >= 11 is 0. The van der Waals surface area contributed by atoms with Gasteiger partial charge in [-0.1, -0.05) is 160 Å². The van der Waals surface area contributed by atoms with Crippen LogP contribution in [0.15, 0.2) is 24.3 Å². The van der Waals surface area contributed by atoms with Crippen LogP contribution in [0.1, 0.15) is 200 Å². The van der Waals surface area contributed by atoms with E-state index in [0.717, 1.165) is 25.7 Å². The molecule has 44 heavy (non-hydrogen) atoms.